The lowest BCUT2D eigenvalue weighted by atomic mass is 10.1. The normalized spacial score (nSPS) is 15.7. The van der Waals surface area contributed by atoms with Crippen LogP contribution in [0.1, 0.15) is 0 Å². The fourth-order valence-electron chi connectivity index (χ4n) is 3.49. The number of likely N-dealkylation sites (N-methyl/N-ethyl adjacent to an activating group) is 1. The number of rotatable bonds is 2. The van der Waals surface area contributed by atoms with Crippen LogP contribution < -0.4 is 10.3 Å². The summed E-state index contributed by atoms with van der Waals surface area (Å²) in [5.41, 5.74) is 2.58. The van der Waals surface area contributed by atoms with Gasteiger partial charge in [0.1, 0.15) is 5.58 Å². The van der Waals surface area contributed by atoms with Gasteiger partial charge in [0.25, 0.3) is 0 Å². The van der Waals surface area contributed by atoms with Crippen LogP contribution in [0, 0.1) is 0 Å². The predicted octanol–water partition coefficient (Wildman–Crippen LogP) is 3.82. The molecule has 2 aromatic carbocycles. The number of aromatic nitrogens is 1. The van der Waals surface area contributed by atoms with Crippen LogP contribution in [0.5, 0.6) is 0 Å². The summed E-state index contributed by atoms with van der Waals surface area (Å²) in [4.78, 5) is 22.0. The van der Waals surface area contributed by atoms with Gasteiger partial charge in [-0.1, -0.05) is 12.1 Å². The summed E-state index contributed by atoms with van der Waals surface area (Å²) >= 11 is 1.54. The lowest BCUT2D eigenvalue weighted by Crippen LogP contribution is -2.44. The highest BCUT2D eigenvalue weighted by Crippen LogP contribution is 2.31. The van der Waals surface area contributed by atoms with Gasteiger partial charge in [0.15, 0.2) is 16.2 Å². The van der Waals surface area contributed by atoms with Crippen molar-refractivity contribution in [1.82, 2.24) is 9.88 Å². The monoisotopic (exact) mass is 377 g/mol. The molecular formula is C21H19N3O2S. The minimum atomic E-state index is -0.0264. The van der Waals surface area contributed by atoms with Gasteiger partial charge in [-0.2, -0.15) is 0 Å². The quantitative estimate of drug-likeness (QED) is 0.531. The zero-order valence-corrected chi connectivity index (χ0v) is 15.8. The van der Waals surface area contributed by atoms with Crippen molar-refractivity contribution in [2.24, 2.45) is 0 Å². The van der Waals surface area contributed by atoms with E-state index >= 15 is 0 Å². The molecule has 0 unspecified atom stereocenters. The number of anilines is 1. The maximum atomic E-state index is 12.8. The molecule has 0 saturated carbocycles. The topological polar surface area (TPSA) is 49.6 Å². The highest BCUT2D eigenvalue weighted by atomic mass is 32.1. The summed E-state index contributed by atoms with van der Waals surface area (Å²) in [5.74, 6) is 0.529. The van der Waals surface area contributed by atoms with Crippen molar-refractivity contribution in [3.05, 3.63) is 58.8 Å². The van der Waals surface area contributed by atoms with E-state index < -0.39 is 0 Å². The smallest absolute Gasteiger partial charge is 0.193 e. The van der Waals surface area contributed by atoms with Crippen molar-refractivity contribution in [2.75, 3.05) is 38.1 Å². The molecule has 1 aliphatic heterocycles. The Morgan fingerprint density at radius 1 is 1.04 bits per heavy atom. The second-order valence-corrected chi connectivity index (χ2v) is 7.96. The minimum Gasteiger partial charge on any atom is -0.453 e. The molecule has 0 bridgehead atoms. The number of piperazine rings is 1. The van der Waals surface area contributed by atoms with Gasteiger partial charge in [0, 0.05) is 37.9 Å². The molecule has 0 amide bonds. The van der Waals surface area contributed by atoms with E-state index in [0.29, 0.717) is 16.7 Å². The first-order valence-corrected chi connectivity index (χ1v) is 9.86. The number of benzene rings is 2. The third kappa shape index (κ3) is 3.01. The zero-order valence-electron chi connectivity index (χ0n) is 15.0. The first-order valence-electron chi connectivity index (χ1n) is 9.05. The number of hydrogen-bond donors (Lipinski definition) is 0. The average molecular weight is 377 g/mol. The molecule has 0 N–H and O–H groups in total. The van der Waals surface area contributed by atoms with E-state index in [4.69, 9.17) is 4.42 Å². The molecule has 27 heavy (non-hydrogen) atoms. The minimum absolute atomic E-state index is 0.0264. The van der Waals surface area contributed by atoms with Crippen LogP contribution in [0.4, 0.5) is 5.69 Å². The van der Waals surface area contributed by atoms with Gasteiger partial charge < -0.3 is 14.2 Å². The fourth-order valence-corrected chi connectivity index (χ4v) is 4.41. The van der Waals surface area contributed by atoms with E-state index in [9.17, 15) is 4.79 Å². The largest absolute Gasteiger partial charge is 0.453 e. The van der Waals surface area contributed by atoms with Gasteiger partial charge in [-0.25, -0.2) is 4.98 Å². The van der Waals surface area contributed by atoms with Crippen molar-refractivity contribution in [1.29, 1.82) is 0 Å². The first-order chi connectivity index (χ1) is 13.2. The third-order valence-electron chi connectivity index (χ3n) is 5.08. The summed E-state index contributed by atoms with van der Waals surface area (Å²) in [7, 11) is 2.13. The van der Waals surface area contributed by atoms with Crippen LogP contribution in [-0.2, 0) is 0 Å². The first kappa shape index (κ1) is 16.5. The van der Waals surface area contributed by atoms with E-state index in [1.165, 1.54) is 11.3 Å². The van der Waals surface area contributed by atoms with Crippen LogP contribution >= 0.6 is 11.3 Å². The third-order valence-corrected chi connectivity index (χ3v) is 6.13. The van der Waals surface area contributed by atoms with Gasteiger partial charge in [-0.05, 0) is 37.4 Å². The van der Waals surface area contributed by atoms with E-state index in [2.05, 4.69) is 21.8 Å². The molecule has 1 fully saturated rings. The molecule has 5 rings (SSSR count). The Kier molecular flexibility index (Phi) is 3.95. The standard InChI is InChI=1S/C21H19N3O2S/c1-23-8-10-24(11-9-23)14-6-7-18-15(12-14)17(25)13-19(26-18)21-22-16-4-2-3-5-20(16)27-21/h2-7,12-13H,8-11H2,1H3. The molecule has 4 aromatic rings. The summed E-state index contributed by atoms with van der Waals surface area (Å²) in [6.07, 6.45) is 0. The number of nitrogens with zero attached hydrogens (tertiary/aromatic N) is 3. The summed E-state index contributed by atoms with van der Waals surface area (Å²) in [5, 5.41) is 1.36. The average Bonchev–Trinajstić information content (AvgIpc) is 3.13. The van der Waals surface area contributed by atoms with Crippen LogP contribution in [0.2, 0.25) is 0 Å². The van der Waals surface area contributed by atoms with Crippen molar-refractivity contribution >= 4 is 38.2 Å². The Morgan fingerprint density at radius 2 is 1.85 bits per heavy atom. The van der Waals surface area contributed by atoms with Crippen molar-refractivity contribution in [2.45, 2.75) is 0 Å². The molecule has 1 saturated heterocycles. The van der Waals surface area contributed by atoms with Gasteiger partial charge in [-0.15, -0.1) is 11.3 Å². The van der Waals surface area contributed by atoms with Crippen LogP contribution in [0.15, 0.2) is 57.7 Å². The van der Waals surface area contributed by atoms with E-state index in [1.807, 2.05) is 42.5 Å². The maximum Gasteiger partial charge on any atom is 0.193 e. The molecule has 2 aromatic heterocycles. The molecule has 0 atom stereocenters. The highest BCUT2D eigenvalue weighted by molar-refractivity contribution is 7.21. The highest BCUT2D eigenvalue weighted by Gasteiger charge is 2.16. The Morgan fingerprint density at radius 3 is 2.67 bits per heavy atom. The summed E-state index contributed by atoms with van der Waals surface area (Å²) < 4.78 is 7.12. The van der Waals surface area contributed by atoms with Crippen molar-refractivity contribution < 1.29 is 4.42 Å². The van der Waals surface area contributed by atoms with Gasteiger partial charge in [0.2, 0.25) is 0 Å². The predicted molar refractivity (Wildman–Crippen MR) is 111 cm³/mol. The molecule has 136 valence electrons. The van der Waals surface area contributed by atoms with Gasteiger partial charge in [-0.3, -0.25) is 4.79 Å². The number of para-hydroxylation sites is 1. The van der Waals surface area contributed by atoms with Crippen LogP contribution in [-0.4, -0.2) is 43.1 Å². The van der Waals surface area contributed by atoms with Gasteiger partial charge in [0.05, 0.1) is 15.6 Å². The fraction of sp³-hybridized carbons (Fsp3) is 0.238. The Labute approximate surface area is 160 Å². The van der Waals surface area contributed by atoms with E-state index in [-0.39, 0.29) is 5.43 Å². The number of hydrogen-bond acceptors (Lipinski definition) is 6. The molecule has 3 heterocycles. The van der Waals surface area contributed by atoms with Crippen LogP contribution in [0.3, 0.4) is 0 Å². The lowest BCUT2D eigenvalue weighted by molar-refractivity contribution is 0.313. The molecule has 0 radical (unpaired) electrons. The van der Waals surface area contributed by atoms with Crippen molar-refractivity contribution in [3.8, 4) is 10.8 Å². The number of thiazole rings is 1. The second-order valence-electron chi connectivity index (χ2n) is 6.93. The summed E-state index contributed by atoms with van der Waals surface area (Å²) in [6, 6.07) is 15.4. The molecular weight excluding hydrogens is 358 g/mol. The molecule has 0 spiro atoms. The Hall–Kier alpha value is -2.70. The number of fused-ring (bicyclic) bond motifs is 2. The van der Waals surface area contributed by atoms with Gasteiger partial charge >= 0.3 is 0 Å². The summed E-state index contributed by atoms with van der Waals surface area (Å²) in [6.45, 7) is 4.00. The molecule has 1 aliphatic rings. The second kappa shape index (κ2) is 6.48. The van der Waals surface area contributed by atoms with E-state index in [0.717, 1.165) is 47.1 Å². The van der Waals surface area contributed by atoms with Crippen LogP contribution in [0.25, 0.3) is 32.0 Å². The van der Waals surface area contributed by atoms with Crippen molar-refractivity contribution in [3.63, 3.8) is 0 Å². The Balaban J connectivity index is 1.55. The SMILES string of the molecule is CN1CCN(c2ccc3oc(-c4nc5ccccc5s4)cc(=O)c3c2)CC1. The molecule has 0 aliphatic carbocycles. The molecule has 5 nitrogen and oxygen atoms in total. The molecule has 6 heteroatoms. The Bertz CT molecular complexity index is 1160. The zero-order chi connectivity index (χ0) is 18.4. The van der Waals surface area contributed by atoms with E-state index in [1.54, 1.807) is 6.07 Å². The maximum absolute atomic E-state index is 12.8. The lowest BCUT2D eigenvalue weighted by Gasteiger charge is -2.34.